The number of rotatable bonds is 3. The van der Waals surface area contributed by atoms with Crippen molar-refractivity contribution in [1.82, 2.24) is 24.6 Å². The summed E-state index contributed by atoms with van der Waals surface area (Å²) in [4.78, 5) is 37.7. The van der Waals surface area contributed by atoms with E-state index in [1.807, 2.05) is 0 Å². The third kappa shape index (κ3) is 2.77. The summed E-state index contributed by atoms with van der Waals surface area (Å²) in [5, 5.41) is 6.96. The van der Waals surface area contributed by atoms with Crippen molar-refractivity contribution in [2.75, 3.05) is 13.6 Å². The van der Waals surface area contributed by atoms with E-state index in [2.05, 4.69) is 10.4 Å². The largest absolute Gasteiger partial charge is 0.346 e. The van der Waals surface area contributed by atoms with Gasteiger partial charge in [0.15, 0.2) is 0 Å². The Kier molecular flexibility index (Phi) is 4.00. The first-order valence-electron chi connectivity index (χ1n) is 7.77. The van der Waals surface area contributed by atoms with Crippen LogP contribution in [0.5, 0.6) is 0 Å². The minimum absolute atomic E-state index is 0.0821. The summed E-state index contributed by atoms with van der Waals surface area (Å²) >= 11 is 0. The molecule has 1 atom stereocenters. The van der Waals surface area contributed by atoms with Gasteiger partial charge < -0.3 is 10.2 Å². The minimum Gasteiger partial charge on any atom is -0.344 e. The second-order valence-electron chi connectivity index (χ2n) is 5.99. The van der Waals surface area contributed by atoms with Gasteiger partial charge in [0.1, 0.15) is 18.4 Å². The Morgan fingerprint density at radius 1 is 1.27 bits per heavy atom. The van der Waals surface area contributed by atoms with E-state index in [1.54, 1.807) is 16.5 Å². The quantitative estimate of drug-likeness (QED) is 0.785. The van der Waals surface area contributed by atoms with Crippen molar-refractivity contribution in [3.63, 3.8) is 0 Å². The maximum Gasteiger partial charge on any atom is 0.346 e. The molecule has 1 fully saturated rings. The third-order valence-corrected chi connectivity index (χ3v) is 4.34. The lowest BCUT2D eigenvalue weighted by Crippen LogP contribution is -2.43. The lowest BCUT2D eigenvalue weighted by atomic mass is 10.2. The summed E-state index contributed by atoms with van der Waals surface area (Å²) in [5.74, 6) is 0.331. The fraction of sp³-hybridized carbons (Fsp3) is 0.714. The predicted octanol–water partition coefficient (Wildman–Crippen LogP) is -0.882. The zero-order chi connectivity index (χ0) is 15.7. The van der Waals surface area contributed by atoms with Crippen molar-refractivity contribution >= 4 is 11.8 Å². The number of likely N-dealkylation sites (tertiary alicyclic amines) is 1. The van der Waals surface area contributed by atoms with Gasteiger partial charge in [-0.3, -0.25) is 14.2 Å². The van der Waals surface area contributed by atoms with Gasteiger partial charge in [-0.1, -0.05) is 6.42 Å². The number of amides is 2. The molecule has 0 bridgehead atoms. The van der Waals surface area contributed by atoms with Crippen LogP contribution in [0.3, 0.4) is 0 Å². The highest BCUT2D eigenvalue weighted by Gasteiger charge is 2.30. The Bertz CT molecular complexity index is 647. The van der Waals surface area contributed by atoms with Crippen LogP contribution in [-0.4, -0.2) is 50.7 Å². The molecule has 0 unspecified atom stereocenters. The third-order valence-electron chi connectivity index (χ3n) is 4.34. The summed E-state index contributed by atoms with van der Waals surface area (Å²) in [6.07, 6.45) is 4.46. The van der Waals surface area contributed by atoms with Gasteiger partial charge in [0.05, 0.1) is 0 Å². The number of nitrogens with zero attached hydrogens (tertiary/aromatic N) is 4. The van der Waals surface area contributed by atoms with Crippen molar-refractivity contribution in [2.45, 2.75) is 51.2 Å². The molecule has 2 amide bonds. The average molecular weight is 307 g/mol. The van der Waals surface area contributed by atoms with Gasteiger partial charge in [-0.25, -0.2) is 9.48 Å². The summed E-state index contributed by atoms with van der Waals surface area (Å²) in [6.45, 7) is 1.18. The van der Waals surface area contributed by atoms with Gasteiger partial charge in [-0.15, -0.1) is 0 Å². The molecule has 120 valence electrons. The van der Waals surface area contributed by atoms with Crippen molar-refractivity contribution in [3.8, 4) is 0 Å². The normalized spacial score (nSPS) is 21.6. The molecule has 22 heavy (non-hydrogen) atoms. The Morgan fingerprint density at radius 2 is 2.09 bits per heavy atom. The zero-order valence-corrected chi connectivity index (χ0v) is 12.7. The second kappa shape index (κ2) is 5.94. The number of aryl methyl sites for hydroxylation is 1. The van der Waals surface area contributed by atoms with Gasteiger partial charge in [0.2, 0.25) is 11.8 Å². The molecule has 0 saturated carbocycles. The molecule has 2 aliphatic rings. The van der Waals surface area contributed by atoms with E-state index in [9.17, 15) is 14.4 Å². The van der Waals surface area contributed by atoms with E-state index in [0.29, 0.717) is 19.5 Å². The number of hydrogen-bond donors (Lipinski definition) is 1. The molecule has 8 nitrogen and oxygen atoms in total. The minimum atomic E-state index is -0.478. The Hall–Kier alpha value is -2.12. The van der Waals surface area contributed by atoms with Crippen molar-refractivity contribution in [3.05, 3.63) is 16.3 Å². The number of aromatic nitrogens is 3. The first kappa shape index (κ1) is 14.8. The van der Waals surface area contributed by atoms with Crippen LogP contribution >= 0.6 is 0 Å². The number of nitrogens with one attached hydrogen (secondary N) is 1. The molecule has 8 heteroatoms. The highest BCUT2D eigenvalue weighted by atomic mass is 16.2. The summed E-state index contributed by atoms with van der Waals surface area (Å²) in [6, 6.07) is -0.478. The Balaban J connectivity index is 1.67. The van der Waals surface area contributed by atoms with Crippen molar-refractivity contribution in [2.24, 2.45) is 0 Å². The van der Waals surface area contributed by atoms with E-state index in [0.717, 1.165) is 31.5 Å². The molecule has 0 aliphatic carbocycles. The van der Waals surface area contributed by atoms with E-state index in [4.69, 9.17) is 0 Å². The number of likely N-dealkylation sites (N-methyl/N-ethyl adjacent to an activating group) is 1. The average Bonchev–Trinajstić information content (AvgIpc) is 2.85. The standard InChI is InChI=1S/C14H21N5O3/c1-17-8-6-10(13(17)21)15-12(20)9-19-14(22)18-7-4-2-3-5-11(18)16-19/h10H,2-9H2,1H3,(H,15,20)/t10-/m1/s1. The lowest BCUT2D eigenvalue weighted by molar-refractivity contribution is -0.132. The van der Waals surface area contributed by atoms with Crippen LogP contribution in [0.2, 0.25) is 0 Å². The van der Waals surface area contributed by atoms with Gasteiger partial charge >= 0.3 is 5.69 Å². The van der Waals surface area contributed by atoms with Crippen LogP contribution in [0.25, 0.3) is 0 Å². The molecule has 3 rings (SSSR count). The summed E-state index contributed by atoms with van der Waals surface area (Å²) < 4.78 is 2.87. The zero-order valence-electron chi connectivity index (χ0n) is 12.7. The van der Waals surface area contributed by atoms with Gasteiger partial charge in [0.25, 0.3) is 0 Å². The fourth-order valence-electron chi connectivity index (χ4n) is 3.06. The fourth-order valence-corrected chi connectivity index (χ4v) is 3.06. The molecule has 1 aromatic rings. The molecule has 1 saturated heterocycles. The van der Waals surface area contributed by atoms with E-state index in [1.165, 1.54) is 4.68 Å². The maximum absolute atomic E-state index is 12.3. The maximum atomic E-state index is 12.3. The second-order valence-corrected chi connectivity index (χ2v) is 5.99. The van der Waals surface area contributed by atoms with Crippen LogP contribution in [0.4, 0.5) is 0 Å². The summed E-state index contributed by atoms with van der Waals surface area (Å²) in [5.41, 5.74) is -0.234. The summed E-state index contributed by atoms with van der Waals surface area (Å²) in [7, 11) is 1.71. The highest BCUT2D eigenvalue weighted by Crippen LogP contribution is 2.10. The Labute approximate surface area is 128 Å². The molecule has 2 aliphatic heterocycles. The first-order valence-corrected chi connectivity index (χ1v) is 7.77. The molecule has 0 radical (unpaired) electrons. The van der Waals surface area contributed by atoms with Crippen LogP contribution in [0.1, 0.15) is 31.5 Å². The smallest absolute Gasteiger partial charge is 0.344 e. The molecular formula is C14H21N5O3. The van der Waals surface area contributed by atoms with Crippen molar-refractivity contribution < 1.29 is 9.59 Å². The first-order chi connectivity index (χ1) is 10.6. The topological polar surface area (TPSA) is 89.2 Å². The monoisotopic (exact) mass is 307 g/mol. The molecule has 1 N–H and O–H groups in total. The van der Waals surface area contributed by atoms with E-state index in [-0.39, 0.29) is 24.0 Å². The molecule has 0 spiro atoms. The van der Waals surface area contributed by atoms with Gasteiger partial charge in [-0.05, 0) is 19.3 Å². The molecular weight excluding hydrogens is 286 g/mol. The van der Waals surface area contributed by atoms with Gasteiger partial charge in [-0.2, -0.15) is 5.10 Å². The molecule has 3 heterocycles. The SMILES string of the molecule is CN1CC[C@@H](NC(=O)Cn2nc3n(c2=O)CCCCC3)C1=O. The molecule has 0 aromatic carbocycles. The van der Waals surface area contributed by atoms with Crippen molar-refractivity contribution in [1.29, 1.82) is 0 Å². The number of carbonyl (C=O) groups excluding carboxylic acids is 2. The Morgan fingerprint density at radius 3 is 2.82 bits per heavy atom. The number of fused-ring (bicyclic) bond motifs is 1. The number of hydrogen-bond acceptors (Lipinski definition) is 4. The van der Waals surface area contributed by atoms with Gasteiger partial charge in [0, 0.05) is 26.6 Å². The lowest BCUT2D eigenvalue weighted by Gasteiger charge is -2.11. The van der Waals surface area contributed by atoms with Crippen LogP contribution in [0, 0.1) is 0 Å². The molecule has 1 aromatic heterocycles. The van der Waals surface area contributed by atoms with Crippen LogP contribution < -0.4 is 11.0 Å². The highest BCUT2D eigenvalue weighted by molar-refractivity contribution is 5.88. The van der Waals surface area contributed by atoms with E-state index < -0.39 is 6.04 Å². The van der Waals surface area contributed by atoms with Crippen LogP contribution in [0.15, 0.2) is 4.79 Å². The van der Waals surface area contributed by atoms with E-state index >= 15 is 0 Å². The number of carbonyl (C=O) groups is 2. The van der Waals surface area contributed by atoms with Crippen LogP contribution in [-0.2, 0) is 29.1 Å². The predicted molar refractivity (Wildman–Crippen MR) is 78.2 cm³/mol.